The van der Waals surface area contributed by atoms with Crippen LogP contribution in [0.15, 0.2) is 18.2 Å². The summed E-state index contributed by atoms with van der Waals surface area (Å²) in [6, 6.07) is 6.90. The van der Waals surface area contributed by atoms with E-state index in [1.807, 2.05) is 0 Å². The van der Waals surface area contributed by atoms with Gasteiger partial charge in [0, 0.05) is 38.8 Å². The average molecular weight is 415 g/mol. The maximum absolute atomic E-state index is 12.1. The van der Waals surface area contributed by atoms with Crippen molar-refractivity contribution in [2.75, 3.05) is 36.4 Å². The molecule has 2 fully saturated rings. The summed E-state index contributed by atoms with van der Waals surface area (Å²) in [4.78, 5) is 16.9. The number of aryl methyl sites for hydroxylation is 2. The molecule has 1 saturated heterocycles. The first-order valence-corrected chi connectivity index (χ1v) is 11.3. The highest BCUT2D eigenvalue weighted by Gasteiger charge is 2.22. The molecule has 2 heterocycles. The van der Waals surface area contributed by atoms with Gasteiger partial charge >= 0.3 is 6.03 Å². The van der Waals surface area contributed by atoms with Crippen LogP contribution in [0.3, 0.4) is 0 Å². The molecule has 7 nitrogen and oxygen atoms in total. The van der Waals surface area contributed by atoms with E-state index in [-0.39, 0.29) is 6.03 Å². The SMILES string of the molecule is Cc1cc(C)cc(CN2CCN(c3nnc(NC(=O)NC4CCCC4)s3)CC2)c1. The highest BCUT2D eigenvalue weighted by atomic mass is 32.1. The second kappa shape index (κ2) is 9.09. The molecular formula is C21H30N6OS. The molecule has 1 aromatic heterocycles. The van der Waals surface area contributed by atoms with E-state index >= 15 is 0 Å². The number of piperazine rings is 1. The Hall–Kier alpha value is -2.19. The first kappa shape index (κ1) is 20.1. The number of hydrogen-bond acceptors (Lipinski definition) is 6. The Morgan fingerprint density at radius 1 is 1.07 bits per heavy atom. The summed E-state index contributed by atoms with van der Waals surface area (Å²) in [7, 11) is 0. The molecule has 0 bridgehead atoms. The maximum atomic E-state index is 12.1. The van der Waals surface area contributed by atoms with Gasteiger partial charge in [-0.15, -0.1) is 10.2 Å². The molecule has 29 heavy (non-hydrogen) atoms. The van der Waals surface area contributed by atoms with Gasteiger partial charge in [0.25, 0.3) is 0 Å². The lowest BCUT2D eigenvalue weighted by Gasteiger charge is -2.34. The van der Waals surface area contributed by atoms with Gasteiger partial charge < -0.3 is 10.2 Å². The van der Waals surface area contributed by atoms with Crippen LogP contribution in [-0.2, 0) is 6.54 Å². The minimum absolute atomic E-state index is 0.169. The Morgan fingerprint density at radius 3 is 2.45 bits per heavy atom. The van der Waals surface area contributed by atoms with Gasteiger partial charge in [0.2, 0.25) is 10.3 Å². The first-order valence-electron chi connectivity index (χ1n) is 10.5. The van der Waals surface area contributed by atoms with Crippen molar-refractivity contribution in [1.82, 2.24) is 20.4 Å². The molecule has 0 unspecified atom stereocenters. The Morgan fingerprint density at radius 2 is 1.76 bits per heavy atom. The number of amides is 2. The van der Waals surface area contributed by atoms with Crippen molar-refractivity contribution in [3.63, 3.8) is 0 Å². The van der Waals surface area contributed by atoms with Crippen molar-refractivity contribution in [3.05, 3.63) is 34.9 Å². The van der Waals surface area contributed by atoms with Crippen molar-refractivity contribution in [2.24, 2.45) is 0 Å². The predicted molar refractivity (Wildman–Crippen MR) is 118 cm³/mol. The third-order valence-corrected chi connectivity index (χ3v) is 6.56. The predicted octanol–water partition coefficient (Wildman–Crippen LogP) is 3.54. The number of rotatable bonds is 5. The molecule has 0 radical (unpaired) electrons. The van der Waals surface area contributed by atoms with Crippen molar-refractivity contribution in [2.45, 2.75) is 52.1 Å². The van der Waals surface area contributed by atoms with Crippen molar-refractivity contribution < 1.29 is 4.79 Å². The van der Waals surface area contributed by atoms with E-state index in [4.69, 9.17) is 0 Å². The number of carbonyl (C=O) groups is 1. The fourth-order valence-electron chi connectivity index (χ4n) is 4.30. The fourth-order valence-corrected chi connectivity index (χ4v) is 5.09. The number of urea groups is 1. The topological polar surface area (TPSA) is 73.4 Å². The highest BCUT2D eigenvalue weighted by molar-refractivity contribution is 7.19. The van der Waals surface area contributed by atoms with E-state index in [2.05, 4.69) is 62.7 Å². The summed E-state index contributed by atoms with van der Waals surface area (Å²) in [5, 5.41) is 15.7. The van der Waals surface area contributed by atoms with E-state index in [0.29, 0.717) is 11.2 Å². The highest BCUT2D eigenvalue weighted by Crippen LogP contribution is 2.25. The zero-order valence-electron chi connectivity index (χ0n) is 17.3. The van der Waals surface area contributed by atoms with E-state index in [1.54, 1.807) is 0 Å². The van der Waals surface area contributed by atoms with Crippen LogP contribution in [-0.4, -0.2) is 53.3 Å². The van der Waals surface area contributed by atoms with Gasteiger partial charge in [-0.1, -0.05) is 53.5 Å². The van der Waals surface area contributed by atoms with E-state index in [1.165, 1.54) is 40.9 Å². The largest absolute Gasteiger partial charge is 0.344 e. The average Bonchev–Trinajstić information content (AvgIpc) is 3.34. The summed E-state index contributed by atoms with van der Waals surface area (Å²) in [6.07, 6.45) is 4.54. The van der Waals surface area contributed by atoms with Gasteiger partial charge in [0.05, 0.1) is 0 Å². The van der Waals surface area contributed by atoms with Gasteiger partial charge in [-0.3, -0.25) is 10.2 Å². The molecule has 1 aliphatic heterocycles. The minimum atomic E-state index is -0.169. The van der Waals surface area contributed by atoms with Crippen LogP contribution in [0, 0.1) is 13.8 Å². The van der Waals surface area contributed by atoms with Gasteiger partial charge in [0.1, 0.15) is 0 Å². The van der Waals surface area contributed by atoms with E-state index < -0.39 is 0 Å². The summed E-state index contributed by atoms with van der Waals surface area (Å²) in [5.41, 5.74) is 4.03. The number of anilines is 2. The second-order valence-corrected chi connectivity index (χ2v) is 9.18. The number of nitrogens with one attached hydrogen (secondary N) is 2. The Bertz CT molecular complexity index is 819. The molecule has 1 aliphatic carbocycles. The lowest BCUT2D eigenvalue weighted by molar-refractivity contribution is 0.248. The van der Waals surface area contributed by atoms with Gasteiger partial charge in [-0.2, -0.15) is 0 Å². The zero-order chi connectivity index (χ0) is 20.2. The molecule has 8 heteroatoms. The van der Waals surface area contributed by atoms with Crippen LogP contribution in [0.4, 0.5) is 15.1 Å². The van der Waals surface area contributed by atoms with Crippen LogP contribution in [0.1, 0.15) is 42.4 Å². The van der Waals surface area contributed by atoms with Gasteiger partial charge in [0.15, 0.2) is 0 Å². The number of aromatic nitrogens is 2. The molecule has 0 atom stereocenters. The molecule has 1 aromatic carbocycles. The lowest BCUT2D eigenvalue weighted by atomic mass is 10.1. The molecule has 2 aromatic rings. The standard InChI is InChI=1S/C21H30N6OS/c1-15-11-16(2)13-17(12-15)14-26-7-9-27(10-8-26)21-25-24-20(29-21)23-19(28)22-18-5-3-4-6-18/h11-13,18H,3-10,14H2,1-2H3,(H2,22,23,24,28). The van der Waals surface area contributed by atoms with Crippen molar-refractivity contribution >= 4 is 27.6 Å². The van der Waals surface area contributed by atoms with Gasteiger partial charge in [-0.05, 0) is 32.3 Å². The molecule has 2 aliphatic rings. The molecule has 4 rings (SSSR count). The minimum Gasteiger partial charge on any atom is -0.344 e. The summed E-state index contributed by atoms with van der Waals surface area (Å²) < 4.78 is 0. The molecular weight excluding hydrogens is 384 g/mol. The van der Waals surface area contributed by atoms with Crippen LogP contribution in [0.2, 0.25) is 0 Å². The molecule has 156 valence electrons. The zero-order valence-corrected chi connectivity index (χ0v) is 18.1. The van der Waals surface area contributed by atoms with Crippen LogP contribution in [0.5, 0.6) is 0 Å². The lowest BCUT2D eigenvalue weighted by Crippen LogP contribution is -2.46. The normalized spacial score (nSPS) is 18.2. The molecule has 1 saturated carbocycles. The quantitative estimate of drug-likeness (QED) is 0.783. The Labute approximate surface area is 176 Å². The second-order valence-electron chi connectivity index (χ2n) is 8.23. The van der Waals surface area contributed by atoms with Crippen LogP contribution < -0.4 is 15.5 Å². The molecule has 2 amide bonds. The molecule has 2 N–H and O–H groups in total. The maximum Gasteiger partial charge on any atom is 0.321 e. The number of carbonyl (C=O) groups excluding carboxylic acids is 1. The molecule has 0 spiro atoms. The number of benzene rings is 1. The summed E-state index contributed by atoms with van der Waals surface area (Å²) in [5.74, 6) is 0. The number of nitrogens with zero attached hydrogens (tertiary/aromatic N) is 4. The first-order chi connectivity index (χ1) is 14.0. The van der Waals surface area contributed by atoms with Crippen molar-refractivity contribution in [3.8, 4) is 0 Å². The number of hydrogen-bond donors (Lipinski definition) is 2. The van der Waals surface area contributed by atoms with E-state index in [9.17, 15) is 4.79 Å². The van der Waals surface area contributed by atoms with Gasteiger partial charge in [-0.25, -0.2) is 4.79 Å². The van der Waals surface area contributed by atoms with Crippen molar-refractivity contribution in [1.29, 1.82) is 0 Å². The Balaban J connectivity index is 1.26. The smallest absolute Gasteiger partial charge is 0.321 e. The van der Waals surface area contributed by atoms with E-state index in [0.717, 1.165) is 50.7 Å². The van der Waals surface area contributed by atoms with Crippen LogP contribution >= 0.6 is 11.3 Å². The Kier molecular flexibility index (Phi) is 6.30. The summed E-state index contributed by atoms with van der Waals surface area (Å²) >= 11 is 1.45. The fraction of sp³-hybridized carbons (Fsp3) is 0.571. The monoisotopic (exact) mass is 414 g/mol. The third-order valence-electron chi connectivity index (χ3n) is 5.66. The van der Waals surface area contributed by atoms with Crippen LogP contribution in [0.25, 0.3) is 0 Å². The summed E-state index contributed by atoms with van der Waals surface area (Å²) in [6.45, 7) is 9.14. The third kappa shape index (κ3) is 5.45.